The molecule has 2 rings (SSSR count). The lowest BCUT2D eigenvalue weighted by Gasteiger charge is -2.10. The van der Waals surface area contributed by atoms with Crippen LogP contribution in [0.2, 0.25) is 0 Å². The molecule has 5 heteroatoms. The molecule has 5 nitrogen and oxygen atoms in total. The maximum absolute atomic E-state index is 12.4. The number of nitrogens with one attached hydrogen (secondary N) is 1. The fraction of sp³-hybridized carbons (Fsp3) is 0.250. The van der Waals surface area contributed by atoms with Gasteiger partial charge in [-0.15, -0.1) is 0 Å². The zero-order chi connectivity index (χ0) is 15.6. The summed E-state index contributed by atoms with van der Waals surface area (Å²) in [6.07, 6.45) is 1.08. The molecule has 21 heavy (non-hydrogen) atoms. The van der Waals surface area contributed by atoms with Crippen molar-refractivity contribution in [3.8, 4) is 0 Å². The number of hydrogen-bond donors (Lipinski definition) is 2. The Morgan fingerprint density at radius 3 is 2.57 bits per heavy atom. The van der Waals surface area contributed by atoms with Crippen LogP contribution >= 0.6 is 0 Å². The molecular formula is C16H17NO4. The molecule has 1 heterocycles. The van der Waals surface area contributed by atoms with Crippen LogP contribution in [0.1, 0.15) is 32.8 Å². The molecule has 1 amide bonds. The molecule has 0 aliphatic heterocycles. The number of carboxylic acid groups (broad SMARTS) is 1. The molecule has 0 saturated heterocycles. The van der Waals surface area contributed by atoms with E-state index in [2.05, 4.69) is 5.32 Å². The number of carbonyl (C=O) groups excluding carboxylic acids is 1. The summed E-state index contributed by atoms with van der Waals surface area (Å²) in [4.78, 5) is 23.2. The largest absolute Gasteiger partial charge is 0.481 e. The topological polar surface area (TPSA) is 79.5 Å². The summed E-state index contributed by atoms with van der Waals surface area (Å²) < 4.78 is 5.18. The van der Waals surface area contributed by atoms with Gasteiger partial charge in [-0.1, -0.05) is 12.1 Å². The van der Waals surface area contributed by atoms with Gasteiger partial charge < -0.3 is 14.8 Å². The van der Waals surface area contributed by atoms with Crippen LogP contribution in [0, 0.1) is 20.8 Å². The number of amides is 1. The first-order valence-corrected chi connectivity index (χ1v) is 6.56. The van der Waals surface area contributed by atoms with Gasteiger partial charge in [0.1, 0.15) is 12.2 Å². The second-order valence-corrected chi connectivity index (χ2v) is 5.06. The van der Waals surface area contributed by atoms with Crippen molar-refractivity contribution >= 4 is 17.6 Å². The lowest BCUT2D eigenvalue weighted by Crippen LogP contribution is -2.16. The Kier molecular flexibility index (Phi) is 4.12. The van der Waals surface area contributed by atoms with E-state index in [4.69, 9.17) is 9.52 Å². The minimum Gasteiger partial charge on any atom is -0.481 e. The first-order chi connectivity index (χ1) is 9.88. The minimum atomic E-state index is -1.04. The Hall–Kier alpha value is -2.56. The van der Waals surface area contributed by atoms with Gasteiger partial charge in [0.25, 0.3) is 5.91 Å². The van der Waals surface area contributed by atoms with Gasteiger partial charge >= 0.3 is 5.97 Å². The molecule has 2 N–H and O–H groups in total. The molecule has 110 valence electrons. The molecule has 1 aromatic heterocycles. The van der Waals surface area contributed by atoms with Gasteiger partial charge in [0.2, 0.25) is 0 Å². The molecule has 0 bridgehead atoms. The third kappa shape index (κ3) is 3.31. The SMILES string of the molecule is Cc1ccc(C)c(NC(=O)c2c(C)coc2CC(=O)O)c1. The number of carbonyl (C=O) groups is 2. The van der Waals surface area contributed by atoms with Crippen molar-refractivity contribution in [2.75, 3.05) is 5.32 Å². The van der Waals surface area contributed by atoms with Gasteiger partial charge in [-0.3, -0.25) is 9.59 Å². The molecule has 1 aromatic carbocycles. The standard InChI is InChI=1S/C16H17NO4/c1-9-4-5-10(2)12(6-9)17-16(20)15-11(3)8-21-13(15)7-14(18)19/h4-6,8H,7H2,1-3H3,(H,17,20)(H,18,19). The van der Waals surface area contributed by atoms with Gasteiger partial charge in [-0.2, -0.15) is 0 Å². The van der Waals surface area contributed by atoms with Crippen molar-refractivity contribution in [1.82, 2.24) is 0 Å². The van der Waals surface area contributed by atoms with Gasteiger partial charge in [0.15, 0.2) is 0 Å². The first-order valence-electron chi connectivity index (χ1n) is 6.56. The van der Waals surface area contributed by atoms with E-state index in [-0.39, 0.29) is 18.1 Å². The van der Waals surface area contributed by atoms with Crippen LogP contribution in [-0.4, -0.2) is 17.0 Å². The van der Waals surface area contributed by atoms with Crippen LogP contribution < -0.4 is 5.32 Å². The zero-order valence-electron chi connectivity index (χ0n) is 12.2. The fourth-order valence-electron chi connectivity index (χ4n) is 2.13. The third-order valence-electron chi connectivity index (χ3n) is 3.23. The highest BCUT2D eigenvalue weighted by atomic mass is 16.4. The first kappa shape index (κ1) is 14.8. The summed E-state index contributed by atoms with van der Waals surface area (Å²) >= 11 is 0. The van der Waals surface area contributed by atoms with E-state index in [1.54, 1.807) is 6.92 Å². The van der Waals surface area contributed by atoms with E-state index >= 15 is 0 Å². The molecule has 0 aliphatic carbocycles. The molecule has 0 saturated carbocycles. The Morgan fingerprint density at radius 1 is 1.19 bits per heavy atom. The van der Waals surface area contributed by atoms with E-state index in [1.165, 1.54) is 6.26 Å². The number of carboxylic acids is 1. The average Bonchev–Trinajstić information content (AvgIpc) is 2.74. The summed E-state index contributed by atoms with van der Waals surface area (Å²) in [7, 11) is 0. The third-order valence-corrected chi connectivity index (χ3v) is 3.23. The number of aryl methyl sites for hydroxylation is 3. The number of rotatable bonds is 4. The number of hydrogen-bond acceptors (Lipinski definition) is 3. The Morgan fingerprint density at radius 2 is 1.90 bits per heavy atom. The minimum absolute atomic E-state index is 0.169. The zero-order valence-corrected chi connectivity index (χ0v) is 12.2. The van der Waals surface area contributed by atoms with Gasteiger partial charge in [-0.05, 0) is 38.0 Å². The predicted octanol–water partition coefficient (Wildman–Crippen LogP) is 3.08. The molecule has 0 radical (unpaired) electrons. The van der Waals surface area contributed by atoms with E-state index < -0.39 is 5.97 Å². The number of aliphatic carboxylic acids is 1. The van der Waals surface area contributed by atoms with Crippen LogP contribution in [0.3, 0.4) is 0 Å². The lowest BCUT2D eigenvalue weighted by molar-refractivity contribution is -0.136. The van der Waals surface area contributed by atoms with Crippen molar-refractivity contribution in [2.24, 2.45) is 0 Å². The Balaban J connectivity index is 2.30. The number of furan rings is 1. The van der Waals surface area contributed by atoms with E-state index in [9.17, 15) is 9.59 Å². The summed E-state index contributed by atoms with van der Waals surface area (Å²) in [5, 5.41) is 11.7. The average molecular weight is 287 g/mol. The van der Waals surface area contributed by atoms with Crippen molar-refractivity contribution in [3.63, 3.8) is 0 Å². The van der Waals surface area contributed by atoms with Crippen LogP contribution in [-0.2, 0) is 11.2 Å². The highest BCUT2D eigenvalue weighted by Crippen LogP contribution is 2.22. The lowest BCUT2D eigenvalue weighted by atomic mass is 10.1. The predicted molar refractivity (Wildman–Crippen MR) is 78.7 cm³/mol. The fourth-order valence-corrected chi connectivity index (χ4v) is 2.13. The second-order valence-electron chi connectivity index (χ2n) is 5.06. The van der Waals surface area contributed by atoms with Crippen molar-refractivity contribution in [1.29, 1.82) is 0 Å². The highest BCUT2D eigenvalue weighted by Gasteiger charge is 2.21. The monoisotopic (exact) mass is 287 g/mol. The maximum atomic E-state index is 12.4. The van der Waals surface area contributed by atoms with Crippen LogP contribution in [0.15, 0.2) is 28.9 Å². The summed E-state index contributed by atoms with van der Waals surface area (Å²) in [6.45, 7) is 5.55. The second kappa shape index (κ2) is 5.83. The van der Waals surface area contributed by atoms with Crippen molar-refractivity contribution in [2.45, 2.75) is 27.2 Å². The molecule has 0 aliphatic rings. The molecule has 0 fully saturated rings. The maximum Gasteiger partial charge on any atom is 0.311 e. The molecular weight excluding hydrogens is 270 g/mol. The van der Waals surface area contributed by atoms with Gasteiger partial charge in [0, 0.05) is 11.3 Å². The quantitative estimate of drug-likeness (QED) is 0.905. The van der Waals surface area contributed by atoms with E-state index in [0.717, 1.165) is 11.1 Å². The number of anilines is 1. The van der Waals surface area contributed by atoms with Gasteiger partial charge in [-0.25, -0.2) is 0 Å². The summed E-state index contributed by atoms with van der Waals surface area (Å²) in [6, 6.07) is 5.76. The molecule has 2 aromatic rings. The van der Waals surface area contributed by atoms with Crippen molar-refractivity contribution in [3.05, 3.63) is 52.5 Å². The molecule has 0 atom stereocenters. The summed E-state index contributed by atoms with van der Waals surface area (Å²) in [5.74, 6) is -1.22. The van der Waals surface area contributed by atoms with Crippen LogP contribution in [0.4, 0.5) is 5.69 Å². The normalized spacial score (nSPS) is 10.4. The summed E-state index contributed by atoms with van der Waals surface area (Å²) in [5.41, 5.74) is 3.59. The highest BCUT2D eigenvalue weighted by molar-refractivity contribution is 6.06. The molecule has 0 unspecified atom stereocenters. The van der Waals surface area contributed by atoms with E-state index in [1.807, 2.05) is 32.0 Å². The van der Waals surface area contributed by atoms with Gasteiger partial charge in [0.05, 0.1) is 11.8 Å². The van der Waals surface area contributed by atoms with E-state index in [0.29, 0.717) is 16.8 Å². The van der Waals surface area contributed by atoms with Crippen molar-refractivity contribution < 1.29 is 19.1 Å². The van der Waals surface area contributed by atoms with Crippen LogP contribution in [0.25, 0.3) is 0 Å². The smallest absolute Gasteiger partial charge is 0.311 e. The number of benzene rings is 1. The van der Waals surface area contributed by atoms with Crippen LogP contribution in [0.5, 0.6) is 0 Å². The Bertz CT molecular complexity index is 700. The molecule has 0 spiro atoms. The Labute approximate surface area is 122 Å².